The quantitative estimate of drug-likeness (QED) is 0.786. The van der Waals surface area contributed by atoms with Crippen molar-refractivity contribution in [2.75, 3.05) is 18.4 Å². The standard InChI is InChI=1S/C21H29N3O3S2/c1-12-11-13(2)15(4)19(14(12)3)29(26,27)24-9-7-18(8-10-24)20(25)23-21-22-16(5)17(6)28-21/h11,18H,7-10H2,1-6H3,(H,22,23,25). The van der Waals surface area contributed by atoms with Crippen molar-refractivity contribution in [2.45, 2.75) is 59.3 Å². The van der Waals surface area contributed by atoms with E-state index in [1.165, 1.54) is 15.6 Å². The van der Waals surface area contributed by atoms with E-state index in [0.717, 1.165) is 32.8 Å². The maximum absolute atomic E-state index is 13.4. The number of benzene rings is 1. The number of amides is 1. The van der Waals surface area contributed by atoms with Crippen LogP contribution in [0.5, 0.6) is 0 Å². The third-order valence-electron chi connectivity index (χ3n) is 5.98. The van der Waals surface area contributed by atoms with Crippen molar-refractivity contribution in [3.8, 4) is 0 Å². The van der Waals surface area contributed by atoms with Gasteiger partial charge < -0.3 is 5.32 Å². The van der Waals surface area contributed by atoms with Gasteiger partial charge in [-0.3, -0.25) is 4.79 Å². The molecule has 0 unspecified atom stereocenters. The fourth-order valence-corrected chi connectivity index (χ4v) is 6.65. The average Bonchev–Trinajstić information content (AvgIpc) is 2.97. The monoisotopic (exact) mass is 435 g/mol. The third-order valence-corrected chi connectivity index (χ3v) is 9.14. The molecule has 1 aromatic carbocycles. The van der Waals surface area contributed by atoms with Crippen LogP contribution in [0.1, 0.15) is 45.7 Å². The van der Waals surface area contributed by atoms with Gasteiger partial charge in [0, 0.05) is 23.9 Å². The number of piperidine rings is 1. The zero-order valence-electron chi connectivity index (χ0n) is 17.9. The van der Waals surface area contributed by atoms with E-state index in [-0.39, 0.29) is 11.8 Å². The topological polar surface area (TPSA) is 79.4 Å². The number of anilines is 1. The second kappa shape index (κ2) is 8.16. The first kappa shape index (κ1) is 21.9. The minimum Gasteiger partial charge on any atom is -0.302 e. The molecular weight excluding hydrogens is 406 g/mol. The van der Waals surface area contributed by atoms with Crippen LogP contribution in [0.2, 0.25) is 0 Å². The Balaban J connectivity index is 1.72. The highest BCUT2D eigenvalue weighted by Crippen LogP contribution is 2.31. The average molecular weight is 436 g/mol. The second-order valence-electron chi connectivity index (χ2n) is 7.92. The van der Waals surface area contributed by atoms with Gasteiger partial charge in [-0.15, -0.1) is 11.3 Å². The van der Waals surface area contributed by atoms with Crippen LogP contribution in [0.4, 0.5) is 5.13 Å². The normalized spacial score (nSPS) is 16.2. The molecule has 1 N–H and O–H groups in total. The maximum Gasteiger partial charge on any atom is 0.243 e. The Morgan fingerprint density at radius 2 is 1.62 bits per heavy atom. The predicted octanol–water partition coefficient (Wildman–Crippen LogP) is 4.03. The van der Waals surface area contributed by atoms with Crippen LogP contribution < -0.4 is 5.32 Å². The van der Waals surface area contributed by atoms with Crippen molar-refractivity contribution in [3.05, 3.63) is 38.9 Å². The molecule has 1 aromatic heterocycles. The Kier molecular flexibility index (Phi) is 6.17. The minimum atomic E-state index is -3.59. The van der Waals surface area contributed by atoms with E-state index in [9.17, 15) is 13.2 Å². The highest BCUT2D eigenvalue weighted by Gasteiger charge is 2.34. The van der Waals surface area contributed by atoms with E-state index in [4.69, 9.17) is 0 Å². The lowest BCUT2D eigenvalue weighted by Crippen LogP contribution is -2.41. The molecular formula is C21H29N3O3S2. The van der Waals surface area contributed by atoms with Crippen molar-refractivity contribution in [1.29, 1.82) is 0 Å². The summed E-state index contributed by atoms with van der Waals surface area (Å²) in [6.45, 7) is 12.2. The van der Waals surface area contributed by atoms with Crippen molar-refractivity contribution < 1.29 is 13.2 Å². The zero-order chi connectivity index (χ0) is 21.5. The summed E-state index contributed by atoms with van der Waals surface area (Å²) >= 11 is 1.47. The van der Waals surface area contributed by atoms with Crippen LogP contribution in [0.3, 0.4) is 0 Å². The highest BCUT2D eigenvalue weighted by atomic mass is 32.2. The summed E-state index contributed by atoms with van der Waals surface area (Å²) in [7, 11) is -3.59. The number of rotatable bonds is 4. The molecule has 1 amide bonds. The van der Waals surface area contributed by atoms with Gasteiger partial charge in [-0.1, -0.05) is 6.07 Å². The molecule has 1 aliphatic heterocycles. The van der Waals surface area contributed by atoms with E-state index >= 15 is 0 Å². The van der Waals surface area contributed by atoms with Gasteiger partial charge in [0.2, 0.25) is 15.9 Å². The fourth-order valence-electron chi connectivity index (χ4n) is 3.79. The highest BCUT2D eigenvalue weighted by molar-refractivity contribution is 7.89. The molecule has 2 heterocycles. The van der Waals surface area contributed by atoms with Gasteiger partial charge in [0.1, 0.15) is 0 Å². The first-order valence-corrected chi connectivity index (χ1v) is 12.1. The summed E-state index contributed by atoms with van der Waals surface area (Å²) in [5.74, 6) is -0.276. The molecule has 0 radical (unpaired) electrons. The Morgan fingerprint density at radius 3 is 2.10 bits per heavy atom. The first-order valence-electron chi connectivity index (χ1n) is 9.84. The zero-order valence-corrected chi connectivity index (χ0v) is 19.6. The first-order chi connectivity index (χ1) is 13.5. The molecule has 0 spiro atoms. The molecule has 6 nitrogen and oxygen atoms in total. The van der Waals surface area contributed by atoms with E-state index in [1.54, 1.807) is 0 Å². The summed E-state index contributed by atoms with van der Waals surface area (Å²) < 4.78 is 28.2. The molecule has 8 heteroatoms. The van der Waals surface area contributed by atoms with Gasteiger partial charge in [-0.25, -0.2) is 13.4 Å². The van der Waals surface area contributed by atoms with Gasteiger partial charge >= 0.3 is 0 Å². The molecule has 2 aromatic rings. The Bertz CT molecular complexity index is 1000. The largest absolute Gasteiger partial charge is 0.302 e. The molecule has 158 valence electrons. The summed E-state index contributed by atoms with van der Waals surface area (Å²) in [6, 6.07) is 2.03. The van der Waals surface area contributed by atoms with Crippen molar-refractivity contribution >= 4 is 32.4 Å². The lowest BCUT2D eigenvalue weighted by atomic mass is 9.97. The molecule has 0 bridgehead atoms. The summed E-state index contributed by atoms with van der Waals surface area (Å²) in [6.07, 6.45) is 1.02. The lowest BCUT2D eigenvalue weighted by molar-refractivity contribution is -0.120. The molecule has 0 atom stereocenters. The van der Waals surface area contributed by atoms with E-state index < -0.39 is 10.0 Å². The smallest absolute Gasteiger partial charge is 0.243 e. The Labute approximate surface area is 177 Å². The van der Waals surface area contributed by atoms with Gasteiger partial charge in [-0.05, 0) is 76.6 Å². The van der Waals surface area contributed by atoms with Crippen molar-refractivity contribution in [2.24, 2.45) is 5.92 Å². The minimum absolute atomic E-state index is 0.0745. The van der Waals surface area contributed by atoms with E-state index in [0.29, 0.717) is 36.0 Å². The molecule has 0 aliphatic carbocycles. The fraction of sp³-hybridized carbons (Fsp3) is 0.524. The SMILES string of the molecule is Cc1cc(C)c(C)c(S(=O)(=O)N2CCC(C(=O)Nc3nc(C)c(C)s3)CC2)c1C. The number of aryl methyl sites for hydroxylation is 4. The molecule has 0 saturated carbocycles. The molecule has 3 rings (SSSR count). The molecule has 1 saturated heterocycles. The van der Waals surface area contributed by atoms with E-state index in [2.05, 4.69) is 10.3 Å². The van der Waals surface area contributed by atoms with Crippen molar-refractivity contribution in [1.82, 2.24) is 9.29 Å². The maximum atomic E-state index is 13.4. The number of sulfonamides is 1. The van der Waals surface area contributed by atoms with Gasteiger partial charge in [0.15, 0.2) is 5.13 Å². The summed E-state index contributed by atoms with van der Waals surface area (Å²) in [5, 5.41) is 3.50. The number of carbonyl (C=O) groups excluding carboxylic acids is 1. The number of nitrogens with one attached hydrogen (secondary N) is 1. The van der Waals surface area contributed by atoms with Crippen LogP contribution in [0.15, 0.2) is 11.0 Å². The Morgan fingerprint density at radius 1 is 1.07 bits per heavy atom. The van der Waals surface area contributed by atoms with Crippen molar-refractivity contribution in [3.63, 3.8) is 0 Å². The second-order valence-corrected chi connectivity index (χ2v) is 11.0. The van der Waals surface area contributed by atoms with Gasteiger partial charge in [0.25, 0.3) is 0 Å². The van der Waals surface area contributed by atoms with Crippen LogP contribution in [-0.2, 0) is 14.8 Å². The third kappa shape index (κ3) is 4.25. The molecule has 29 heavy (non-hydrogen) atoms. The van der Waals surface area contributed by atoms with Gasteiger partial charge in [0.05, 0.1) is 10.6 Å². The molecule has 1 aliphatic rings. The number of aromatic nitrogens is 1. The number of hydrogen-bond donors (Lipinski definition) is 1. The van der Waals surface area contributed by atoms with Crippen LogP contribution >= 0.6 is 11.3 Å². The number of hydrogen-bond acceptors (Lipinski definition) is 5. The van der Waals surface area contributed by atoms with E-state index in [1.807, 2.05) is 47.6 Å². The summed E-state index contributed by atoms with van der Waals surface area (Å²) in [5.41, 5.74) is 4.50. The summed E-state index contributed by atoms with van der Waals surface area (Å²) in [4.78, 5) is 18.5. The Hall–Kier alpha value is -1.77. The lowest BCUT2D eigenvalue weighted by Gasteiger charge is -2.31. The van der Waals surface area contributed by atoms with Crippen LogP contribution in [0.25, 0.3) is 0 Å². The van der Waals surface area contributed by atoms with Crippen LogP contribution in [-0.4, -0.2) is 36.7 Å². The van der Waals surface area contributed by atoms with Gasteiger partial charge in [-0.2, -0.15) is 4.31 Å². The molecule has 1 fully saturated rings. The van der Waals surface area contributed by atoms with Crippen LogP contribution in [0, 0.1) is 47.5 Å². The predicted molar refractivity (Wildman–Crippen MR) is 117 cm³/mol. The number of thiazole rings is 1. The number of carbonyl (C=O) groups is 1. The number of nitrogens with zero attached hydrogens (tertiary/aromatic N) is 2.